The molecule has 0 saturated heterocycles. The van der Waals surface area contributed by atoms with Crippen LogP contribution in [0.5, 0.6) is 0 Å². The second-order valence-electron chi connectivity index (χ2n) is 13.7. The Balaban J connectivity index is 1.63. The average Bonchev–Trinajstić information content (AvgIpc) is 3.12. The van der Waals surface area contributed by atoms with E-state index in [2.05, 4.69) is 107 Å². The van der Waals surface area contributed by atoms with Crippen molar-refractivity contribution in [3.05, 3.63) is 101 Å². The first-order valence-corrected chi connectivity index (χ1v) is 19.9. The van der Waals surface area contributed by atoms with Crippen molar-refractivity contribution in [1.82, 2.24) is 0 Å². The van der Waals surface area contributed by atoms with Gasteiger partial charge in [-0.25, -0.2) is 0 Å². The molecule has 45 heavy (non-hydrogen) atoms. The molecule has 0 atom stereocenters. The second kappa shape index (κ2) is 15.3. The van der Waals surface area contributed by atoms with E-state index in [1.165, 1.54) is 120 Å². The fraction of sp³-hybridized carbons (Fsp3) is 0.455. The van der Waals surface area contributed by atoms with Crippen LogP contribution in [-0.2, 0) is 25.7 Å². The topological polar surface area (TPSA) is 0 Å². The Morgan fingerprint density at radius 3 is 1.29 bits per heavy atom. The van der Waals surface area contributed by atoms with Gasteiger partial charge in [-0.05, 0) is 124 Å². The summed E-state index contributed by atoms with van der Waals surface area (Å²) < 4.78 is 0. The Kier molecular flexibility index (Phi) is 10.9. The minimum Gasteiger partial charge on any atom is -0.0683 e. The molecule has 0 aliphatic heterocycles. The van der Waals surface area contributed by atoms with Gasteiger partial charge < -0.3 is 0 Å². The van der Waals surface area contributed by atoms with Crippen LogP contribution >= 0.6 is 7.92 Å². The van der Waals surface area contributed by atoms with E-state index in [9.17, 15) is 0 Å². The zero-order chi connectivity index (χ0) is 31.2. The zero-order valence-corrected chi connectivity index (χ0v) is 29.4. The summed E-state index contributed by atoms with van der Waals surface area (Å²) >= 11 is 0. The third-order valence-corrected chi connectivity index (χ3v) is 14.4. The Morgan fingerprint density at radius 2 is 0.867 bits per heavy atom. The quantitative estimate of drug-likeness (QED) is 0.156. The molecule has 4 aromatic rings. The van der Waals surface area contributed by atoms with E-state index in [1.807, 2.05) is 0 Å². The summed E-state index contributed by atoms with van der Waals surface area (Å²) in [5.41, 5.74) is 16.1. The molecule has 0 unspecified atom stereocenters. The Morgan fingerprint density at radius 1 is 0.467 bits per heavy atom. The van der Waals surface area contributed by atoms with Crippen LogP contribution in [0.2, 0.25) is 0 Å². The summed E-state index contributed by atoms with van der Waals surface area (Å²) in [5, 5.41) is 1.70. The molecule has 0 heterocycles. The monoisotopic (exact) mass is 614 g/mol. The van der Waals surface area contributed by atoms with Gasteiger partial charge in [0.1, 0.15) is 0 Å². The summed E-state index contributed by atoms with van der Waals surface area (Å²) in [7, 11) is -0.236. The van der Waals surface area contributed by atoms with E-state index in [0.29, 0.717) is 0 Å². The lowest BCUT2D eigenvalue weighted by Crippen LogP contribution is -2.27. The van der Waals surface area contributed by atoms with Gasteiger partial charge in [0.05, 0.1) is 0 Å². The lowest BCUT2D eigenvalue weighted by atomic mass is 9.85. The van der Waals surface area contributed by atoms with Crippen molar-refractivity contribution in [2.45, 2.75) is 129 Å². The average molecular weight is 615 g/mol. The van der Waals surface area contributed by atoms with Crippen LogP contribution in [0.3, 0.4) is 0 Å². The number of benzene rings is 4. The van der Waals surface area contributed by atoms with Crippen molar-refractivity contribution in [2.24, 2.45) is 0 Å². The molecule has 0 N–H and O–H groups in total. The largest absolute Gasteiger partial charge is 0.0683 e. The Bertz CT molecular complexity index is 1430. The lowest BCUT2D eigenvalue weighted by molar-refractivity contribution is 0.487. The van der Waals surface area contributed by atoms with Crippen molar-refractivity contribution in [3.8, 4) is 33.4 Å². The maximum atomic E-state index is 2.57. The summed E-state index contributed by atoms with van der Waals surface area (Å²) in [6.07, 6.45) is 18.6. The predicted molar refractivity (Wildman–Crippen MR) is 201 cm³/mol. The van der Waals surface area contributed by atoms with Crippen LogP contribution in [0, 0.1) is 0 Å². The van der Waals surface area contributed by atoms with Crippen molar-refractivity contribution in [1.29, 1.82) is 0 Å². The third-order valence-electron chi connectivity index (χ3n) is 10.8. The van der Waals surface area contributed by atoms with Crippen LogP contribution in [0.4, 0.5) is 0 Å². The SMILES string of the molecule is CCc1cc(CC)cc(-c2cccc(-c3cc(CC)cc(CC)c3)c2-c2ccccc2P(C2CCCCC2)C2CCCCC2)c1. The van der Waals surface area contributed by atoms with Gasteiger partial charge in [-0.15, -0.1) is 0 Å². The van der Waals surface area contributed by atoms with Crippen LogP contribution in [0.15, 0.2) is 78.9 Å². The Hall–Kier alpha value is -2.69. The minimum atomic E-state index is -0.236. The van der Waals surface area contributed by atoms with Crippen LogP contribution in [-0.4, -0.2) is 11.3 Å². The van der Waals surface area contributed by atoms with E-state index < -0.39 is 0 Å². The van der Waals surface area contributed by atoms with E-state index in [-0.39, 0.29) is 7.92 Å². The maximum absolute atomic E-state index is 2.57. The molecule has 6 rings (SSSR count). The van der Waals surface area contributed by atoms with Gasteiger partial charge in [0.2, 0.25) is 0 Å². The molecule has 2 aliphatic rings. The summed E-state index contributed by atoms with van der Waals surface area (Å²) in [6, 6.07) is 31.7. The lowest BCUT2D eigenvalue weighted by Gasteiger charge is -2.40. The normalized spacial score (nSPS) is 16.4. The van der Waals surface area contributed by atoms with Gasteiger partial charge in [-0.1, -0.05) is 153 Å². The molecule has 2 fully saturated rings. The smallest absolute Gasteiger partial charge is 0.00204 e. The van der Waals surface area contributed by atoms with Crippen LogP contribution < -0.4 is 5.30 Å². The molecule has 1 heteroatoms. The summed E-state index contributed by atoms with van der Waals surface area (Å²) in [4.78, 5) is 0. The molecule has 0 aromatic heterocycles. The molecular formula is C44H55P. The summed E-state index contributed by atoms with van der Waals surface area (Å²) in [6.45, 7) is 9.20. The first-order valence-electron chi connectivity index (χ1n) is 18.4. The third kappa shape index (κ3) is 7.18. The molecule has 0 spiro atoms. The van der Waals surface area contributed by atoms with E-state index >= 15 is 0 Å². The van der Waals surface area contributed by atoms with Gasteiger partial charge in [0.25, 0.3) is 0 Å². The van der Waals surface area contributed by atoms with Crippen molar-refractivity contribution in [3.63, 3.8) is 0 Å². The fourth-order valence-electron chi connectivity index (χ4n) is 8.30. The first-order chi connectivity index (χ1) is 22.1. The van der Waals surface area contributed by atoms with E-state index in [1.54, 1.807) is 5.30 Å². The zero-order valence-electron chi connectivity index (χ0n) is 28.5. The first kappa shape index (κ1) is 32.3. The highest BCUT2D eigenvalue weighted by molar-refractivity contribution is 7.67. The van der Waals surface area contributed by atoms with Crippen molar-refractivity contribution < 1.29 is 0 Å². The fourth-order valence-corrected chi connectivity index (χ4v) is 12.2. The predicted octanol–water partition coefficient (Wildman–Crippen LogP) is 12.7. The number of aryl methyl sites for hydroxylation is 4. The highest BCUT2D eigenvalue weighted by Crippen LogP contribution is 2.57. The number of rotatable bonds is 10. The molecule has 236 valence electrons. The van der Waals surface area contributed by atoms with Gasteiger partial charge in [-0.2, -0.15) is 0 Å². The molecule has 2 aliphatic carbocycles. The summed E-state index contributed by atoms with van der Waals surface area (Å²) in [5.74, 6) is 0. The van der Waals surface area contributed by atoms with Crippen molar-refractivity contribution >= 4 is 13.2 Å². The van der Waals surface area contributed by atoms with Gasteiger partial charge in [0, 0.05) is 0 Å². The Labute approximate surface area is 275 Å². The number of hydrogen-bond acceptors (Lipinski definition) is 0. The maximum Gasteiger partial charge on any atom is -0.00204 e. The van der Waals surface area contributed by atoms with Crippen molar-refractivity contribution in [2.75, 3.05) is 0 Å². The molecule has 2 saturated carbocycles. The molecule has 0 radical (unpaired) electrons. The van der Waals surface area contributed by atoms with Crippen LogP contribution in [0.25, 0.3) is 33.4 Å². The van der Waals surface area contributed by atoms with E-state index in [0.717, 1.165) is 37.0 Å². The molecule has 0 bridgehead atoms. The molecular weight excluding hydrogens is 559 g/mol. The molecule has 0 amide bonds. The van der Waals surface area contributed by atoms with Gasteiger partial charge >= 0.3 is 0 Å². The van der Waals surface area contributed by atoms with Gasteiger partial charge in [-0.3, -0.25) is 0 Å². The molecule has 4 aromatic carbocycles. The standard InChI is InChI=1S/C44H55P/c1-5-32-26-33(6-2)29-36(28-32)40-23-17-24-41(37-30-34(7-3)27-35(8-4)31-37)44(40)42-22-15-16-25-43(42)45(38-18-11-9-12-19-38)39-20-13-10-14-21-39/h15-17,22-31,38-39H,5-14,18-21H2,1-4H3. The second-order valence-corrected chi connectivity index (χ2v) is 16.5. The minimum absolute atomic E-state index is 0.236. The number of hydrogen-bond donors (Lipinski definition) is 0. The van der Waals surface area contributed by atoms with E-state index in [4.69, 9.17) is 0 Å². The highest BCUT2D eigenvalue weighted by Gasteiger charge is 2.34. The van der Waals surface area contributed by atoms with Gasteiger partial charge in [0.15, 0.2) is 0 Å². The molecule has 0 nitrogen and oxygen atoms in total. The van der Waals surface area contributed by atoms with Crippen LogP contribution in [0.1, 0.15) is 114 Å². The highest BCUT2D eigenvalue weighted by atomic mass is 31.1.